The first-order valence-electron chi connectivity index (χ1n) is 4.91. The average Bonchev–Trinajstić information content (AvgIpc) is 2.29. The molecule has 0 radical (unpaired) electrons. The first-order valence-corrected chi connectivity index (χ1v) is 7.10. The van der Waals surface area contributed by atoms with Crippen molar-refractivity contribution in [3.63, 3.8) is 0 Å². The van der Waals surface area contributed by atoms with Crippen molar-refractivity contribution in [3.05, 3.63) is 10.8 Å². The Morgan fingerprint density at radius 1 is 1.50 bits per heavy atom. The second-order valence-corrected chi connectivity index (χ2v) is 5.13. The molecule has 4 N–H and O–H groups in total. The maximum Gasteiger partial charge on any atom is 0.159 e. The fourth-order valence-corrected chi connectivity index (χ4v) is 2.19. The van der Waals surface area contributed by atoms with Crippen molar-refractivity contribution in [3.8, 4) is 0 Å². The number of hydrogen-bond acceptors (Lipinski definition) is 6. The zero-order valence-electron chi connectivity index (χ0n) is 9.33. The minimum Gasteiger partial charge on any atom is -0.366 e. The Morgan fingerprint density at radius 3 is 2.81 bits per heavy atom. The number of hydrogen-bond donors (Lipinski definition) is 3. The molecule has 0 aliphatic carbocycles. The molecule has 0 amide bonds. The van der Waals surface area contributed by atoms with Crippen LogP contribution in [-0.2, 0) is 0 Å². The summed E-state index contributed by atoms with van der Waals surface area (Å²) in [5, 5.41) is 3.31. The maximum atomic E-state index is 5.33. The van der Waals surface area contributed by atoms with Crippen LogP contribution >= 0.6 is 27.7 Å². The monoisotopic (exact) mass is 305 g/mol. The molecule has 0 aliphatic rings. The third-order valence-corrected chi connectivity index (χ3v) is 3.46. The van der Waals surface area contributed by atoms with Crippen molar-refractivity contribution < 1.29 is 0 Å². The number of halogens is 1. The van der Waals surface area contributed by atoms with E-state index in [4.69, 9.17) is 5.84 Å². The minimum absolute atomic E-state index is 0.365. The van der Waals surface area contributed by atoms with E-state index < -0.39 is 0 Å². The molecule has 7 heteroatoms. The Bertz CT molecular complexity index is 336. The Hall–Kier alpha value is -0.530. The van der Waals surface area contributed by atoms with E-state index in [0.717, 1.165) is 22.5 Å². The molecule has 1 rings (SSSR count). The molecule has 0 aliphatic heterocycles. The number of nitrogens with zero attached hydrogens (tertiary/aromatic N) is 2. The molecule has 0 fully saturated rings. The van der Waals surface area contributed by atoms with Crippen LogP contribution in [0, 0.1) is 0 Å². The quantitative estimate of drug-likeness (QED) is 0.552. The summed E-state index contributed by atoms with van der Waals surface area (Å²) in [6, 6.07) is 0.365. The summed E-state index contributed by atoms with van der Waals surface area (Å²) in [6.45, 7) is 2.13. The summed E-state index contributed by atoms with van der Waals surface area (Å²) in [6.07, 6.45) is 4.66. The van der Waals surface area contributed by atoms with Crippen LogP contribution in [-0.4, -0.2) is 28.0 Å². The summed E-state index contributed by atoms with van der Waals surface area (Å²) < 4.78 is 0.758. The highest BCUT2D eigenvalue weighted by atomic mass is 79.9. The van der Waals surface area contributed by atoms with Crippen LogP contribution in [0.4, 0.5) is 11.6 Å². The SMILES string of the molecule is CSCCC(C)Nc1ncnc(NN)c1Br. The number of aromatic nitrogens is 2. The fraction of sp³-hybridized carbons (Fsp3) is 0.556. The lowest BCUT2D eigenvalue weighted by Crippen LogP contribution is -2.18. The van der Waals surface area contributed by atoms with Gasteiger partial charge < -0.3 is 10.7 Å². The van der Waals surface area contributed by atoms with Gasteiger partial charge >= 0.3 is 0 Å². The first kappa shape index (κ1) is 13.5. The van der Waals surface area contributed by atoms with Crippen molar-refractivity contribution in [1.82, 2.24) is 9.97 Å². The van der Waals surface area contributed by atoms with Crippen molar-refractivity contribution in [1.29, 1.82) is 0 Å². The van der Waals surface area contributed by atoms with Crippen molar-refractivity contribution in [2.45, 2.75) is 19.4 Å². The molecule has 0 spiro atoms. The highest BCUT2D eigenvalue weighted by molar-refractivity contribution is 9.10. The van der Waals surface area contributed by atoms with Crippen LogP contribution in [0.15, 0.2) is 10.8 Å². The third-order valence-electron chi connectivity index (χ3n) is 2.06. The highest BCUT2D eigenvalue weighted by Crippen LogP contribution is 2.26. The van der Waals surface area contributed by atoms with E-state index in [0.29, 0.717) is 11.9 Å². The Kier molecular flexibility index (Phi) is 5.86. The zero-order valence-corrected chi connectivity index (χ0v) is 11.7. The maximum absolute atomic E-state index is 5.33. The van der Waals surface area contributed by atoms with Crippen LogP contribution in [0.1, 0.15) is 13.3 Å². The third kappa shape index (κ3) is 3.80. The van der Waals surface area contributed by atoms with Crippen LogP contribution in [0.2, 0.25) is 0 Å². The summed E-state index contributed by atoms with van der Waals surface area (Å²) in [5.41, 5.74) is 2.51. The lowest BCUT2D eigenvalue weighted by Gasteiger charge is -2.15. The Morgan fingerprint density at radius 2 is 2.19 bits per heavy atom. The zero-order chi connectivity index (χ0) is 12.0. The number of anilines is 2. The first-order chi connectivity index (χ1) is 7.69. The lowest BCUT2D eigenvalue weighted by molar-refractivity contribution is 0.765. The molecule has 1 unspecified atom stereocenters. The molecule has 1 heterocycles. The second-order valence-electron chi connectivity index (χ2n) is 3.36. The van der Waals surface area contributed by atoms with Crippen LogP contribution < -0.4 is 16.6 Å². The molecule has 5 nitrogen and oxygen atoms in total. The van der Waals surface area contributed by atoms with Gasteiger partial charge in [-0.1, -0.05) is 0 Å². The highest BCUT2D eigenvalue weighted by Gasteiger charge is 2.09. The van der Waals surface area contributed by atoms with Gasteiger partial charge in [-0.15, -0.1) is 0 Å². The van der Waals surface area contributed by atoms with E-state index in [1.165, 1.54) is 6.33 Å². The number of nitrogens with two attached hydrogens (primary N) is 1. The predicted octanol–water partition coefficient (Wildman–Crippen LogP) is 2.08. The number of nitrogen functional groups attached to an aromatic ring is 1. The molecule has 0 saturated heterocycles. The van der Waals surface area contributed by atoms with Gasteiger partial charge in [0, 0.05) is 6.04 Å². The van der Waals surface area contributed by atoms with Crippen LogP contribution in [0.25, 0.3) is 0 Å². The largest absolute Gasteiger partial charge is 0.366 e. The normalized spacial score (nSPS) is 12.2. The van der Waals surface area contributed by atoms with Crippen molar-refractivity contribution in [2.24, 2.45) is 5.84 Å². The van der Waals surface area contributed by atoms with Gasteiger partial charge in [-0.05, 0) is 41.3 Å². The van der Waals surface area contributed by atoms with Gasteiger partial charge in [0.15, 0.2) is 5.82 Å². The van der Waals surface area contributed by atoms with Gasteiger partial charge in [0.2, 0.25) is 0 Å². The van der Waals surface area contributed by atoms with E-state index in [-0.39, 0.29) is 0 Å². The minimum atomic E-state index is 0.365. The Balaban J connectivity index is 2.66. The van der Waals surface area contributed by atoms with Crippen molar-refractivity contribution >= 4 is 39.3 Å². The molecule has 90 valence electrons. The summed E-state index contributed by atoms with van der Waals surface area (Å²) in [5.74, 6) is 7.79. The van der Waals surface area contributed by atoms with E-state index in [1.54, 1.807) is 0 Å². The smallest absolute Gasteiger partial charge is 0.159 e. The average molecular weight is 306 g/mol. The van der Waals surface area contributed by atoms with E-state index >= 15 is 0 Å². The number of nitrogens with one attached hydrogen (secondary N) is 2. The van der Waals surface area contributed by atoms with Gasteiger partial charge in [-0.2, -0.15) is 11.8 Å². The summed E-state index contributed by atoms with van der Waals surface area (Å²) in [7, 11) is 0. The summed E-state index contributed by atoms with van der Waals surface area (Å²) >= 11 is 5.24. The summed E-state index contributed by atoms with van der Waals surface area (Å²) in [4.78, 5) is 8.15. The Labute approximate surface area is 108 Å². The molecular formula is C9H16BrN5S. The number of rotatable bonds is 6. The van der Waals surface area contributed by atoms with E-state index in [2.05, 4.69) is 49.8 Å². The van der Waals surface area contributed by atoms with Crippen molar-refractivity contribution in [2.75, 3.05) is 22.8 Å². The van der Waals surface area contributed by atoms with E-state index in [1.807, 2.05) is 11.8 Å². The van der Waals surface area contributed by atoms with Gasteiger partial charge in [0.1, 0.15) is 16.6 Å². The topological polar surface area (TPSA) is 75.9 Å². The molecular weight excluding hydrogens is 290 g/mol. The molecule has 1 aromatic rings. The van der Waals surface area contributed by atoms with Crippen LogP contribution in [0.3, 0.4) is 0 Å². The standard InChI is InChI=1S/C9H16BrN5S/c1-6(3-4-16-2)14-8-7(10)9(15-11)13-5-12-8/h5-6H,3-4,11H2,1-2H3,(H2,12,13,14,15). The molecule has 0 aromatic carbocycles. The lowest BCUT2D eigenvalue weighted by atomic mass is 10.2. The van der Waals surface area contributed by atoms with E-state index in [9.17, 15) is 0 Å². The van der Waals surface area contributed by atoms with Gasteiger partial charge in [0.05, 0.1) is 0 Å². The molecule has 0 saturated carbocycles. The number of thioether (sulfide) groups is 1. The molecule has 1 aromatic heterocycles. The molecule has 1 atom stereocenters. The molecule has 16 heavy (non-hydrogen) atoms. The van der Waals surface area contributed by atoms with Gasteiger partial charge in [-0.25, -0.2) is 15.8 Å². The number of hydrazine groups is 1. The fourth-order valence-electron chi connectivity index (χ4n) is 1.17. The second kappa shape index (κ2) is 6.93. The van der Waals surface area contributed by atoms with Crippen LogP contribution in [0.5, 0.6) is 0 Å². The predicted molar refractivity (Wildman–Crippen MR) is 73.6 cm³/mol. The van der Waals surface area contributed by atoms with Gasteiger partial charge in [-0.3, -0.25) is 0 Å². The molecule has 0 bridgehead atoms. The van der Waals surface area contributed by atoms with Gasteiger partial charge in [0.25, 0.3) is 0 Å².